The van der Waals surface area contributed by atoms with Crippen LogP contribution in [0.25, 0.3) is 0 Å². The van der Waals surface area contributed by atoms with Gasteiger partial charge in [0, 0.05) is 30.7 Å². The average molecular weight is 353 g/mol. The Hall–Kier alpha value is -1.83. The third kappa shape index (κ3) is 4.17. The number of nitrogens with zero attached hydrogens (tertiary/aromatic N) is 1. The number of ether oxygens (including phenoxy) is 1. The molecule has 24 heavy (non-hydrogen) atoms. The summed E-state index contributed by atoms with van der Waals surface area (Å²) >= 11 is 5.89. The second-order valence-corrected chi connectivity index (χ2v) is 6.36. The van der Waals surface area contributed by atoms with Crippen molar-refractivity contribution in [3.05, 3.63) is 34.9 Å². The van der Waals surface area contributed by atoms with Crippen molar-refractivity contribution in [3.8, 4) is 0 Å². The first kappa shape index (κ1) is 17.0. The second-order valence-electron chi connectivity index (χ2n) is 5.93. The monoisotopic (exact) mass is 352 g/mol. The van der Waals surface area contributed by atoms with E-state index in [4.69, 9.17) is 16.3 Å². The van der Waals surface area contributed by atoms with Crippen molar-refractivity contribution in [1.82, 2.24) is 21.1 Å². The fourth-order valence-electron chi connectivity index (χ4n) is 2.88. The maximum atomic E-state index is 12.2. The Balaban J connectivity index is 1.43. The highest BCUT2D eigenvalue weighted by Crippen LogP contribution is 2.23. The predicted octanol–water partition coefficient (Wildman–Crippen LogP) is 1.21. The van der Waals surface area contributed by atoms with Crippen LogP contribution in [-0.2, 0) is 9.53 Å². The van der Waals surface area contributed by atoms with Gasteiger partial charge in [-0.15, -0.1) is 0 Å². The average Bonchev–Trinajstić information content (AvgIpc) is 3.07. The Morgan fingerprint density at radius 2 is 2.12 bits per heavy atom. The van der Waals surface area contributed by atoms with Crippen molar-refractivity contribution in [3.63, 3.8) is 0 Å². The van der Waals surface area contributed by atoms with Crippen molar-refractivity contribution in [2.45, 2.75) is 24.9 Å². The highest BCUT2D eigenvalue weighted by Gasteiger charge is 2.30. The number of hydrogen-bond acceptors (Lipinski definition) is 5. The molecule has 7 nitrogen and oxygen atoms in total. The van der Waals surface area contributed by atoms with Gasteiger partial charge in [0.1, 0.15) is 6.04 Å². The quantitative estimate of drug-likeness (QED) is 0.742. The summed E-state index contributed by atoms with van der Waals surface area (Å²) in [6.07, 6.45) is 1.18. The van der Waals surface area contributed by atoms with Crippen molar-refractivity contribution in [2.75, 3.05) is 26.2 Å². The Kier molecular flexibility index (Phi) is 5.55. The molecule has 0 radical (unpaired) electrons. The lowest BCUT2D eigenvalue weighted by Gasteiger charge is -2.26. The lowest BCUT2D eigenvalue weighted by molar-refractivity contribution is -0.122. The summed E-state index contributed by atoms with van der Waals surface area (Å²) < 4.78 is 4.96. The molecule has 2 fully saturated rings. The van der Waals surface area contributed by atoms with Gasteiger partial charge >= 0.3 is 6.09 Å². The van der Waals surface area contributed by atoms with Crippen LogP contribution in [0.4, 0.5) is 4.79 Å². The summed E-state index contributed by atoms with van der Waals surface area (Å²) in [5.41, 5.74) is 7.23. The highest BCUT2D eigenvalue weighted by atomic mass is 35.5. The molecule has 2 unspecified atom stereocenters. The minimum absolute atomic E-state index is 0.0649. The van der Waals surface area contributed by atoms with Gasteiger partial charge in [-0.3, -0.25) is 4.79 Å². The van der Waals surface area contributed by atoms with Crippen LogP contribution in [0.1, 0.15) is 24.4 Å². The molecule has 3 N–H and O–H groups in total. The Labute approximate surface area is 145 Å². The van der Waals surface area contributed by atoms with Crippen LogP contribution in [0.3, 0.4) is 0 Å². The molecular formula is C16H21ClN4O3. The van der Waals surface area contributed by atoms with E-state index in [-0.39, 0.29) is 24.1 Å². The van der Waals surface area contributed by atoms with E-state index in [1.165, 1.54) is 0 Å². The summed E-state index contributed by atoms with van der Waals surface area (Å²) in [6, 6.07) is 7.33. The summed E-state index contributed by atoms with van der Waals surface area (Å²) in [5, 5.41) is 3.55. The molecule has 2 amide bonds. The number of carbonyl (C=O) groups excluding carboxylic acids is 2. The molecule has 0 spiro atoms. The van der Waals surface area contributed by atoms with E-state index in [0.29, 0.717) is 37.7 Å². The molecule has 0 saturated carbocycles. The summed E-state index contributed by atoms with van der Waals surface area (Å²) in [7, 11) is 0. The number of hydrazine groups is 1. The minimum Gasteiger partial charge on any atom is -0.449 e. The zero-order valence-electron chi connectivity index (χ0n) is 13.3. The number of amides is 2. The first-order valence-electron chi connectivity index (χ1n) is 8.09. The molecule has 2 heterocycles. The third-order valence-electron chi connectivity index (χ3n) is 4.23. The van der Waals surface area contributed by atoms with Gasteiger partial charge in [0.2, 0.25) is 5.91 Å². The molecule has 8 heteroatoms. The molecule has 0 aliphatic carbocycles. The number of cyclic esters (lactones) is 1. The molecule has 1 aromatic rings. The smallest absolute Gasteiger partial charge is 0.409 e. The van der Waals surface area contributed by atoms with E-state index in [0.717, 1.165) is 12.0 Å². The third-order valence-corrected chi connectivity index (χ3v) is 4.48. The lowest BCUT2D eigenvalue weighted by atomic mass is 10.0. The summed E-state index contributed by atoms with van der Waals surface area (Å²) in [5.74, 6) is -0.0793. The largest absolute Gasteiger partial charge is 0.449 e. The van der Waals surface area contributed by atoms with E-state index < -0.39 is 0 Å². The standard InChI is InChI=1S/C16H21ClN4O3/c17-12-4-2-11(3-5-12)13-10-14(20-19-13)15(22)18-6-8-21-7-1-9-24-16(21)23/h2-5,13-14,19-20H,1,6-10H2,(H,18,22). The summed E-state index contributed by atoms with van der Waals surface area (Å²) in [4.78, 5) is 25.4. The van der Waals surface area contributed by atoms with Gasteiger partial charge in [-0.05, 0) is 30.5 Å². The van der Waals surface area contributed by atoms with Gasteiger partial charge in [0.25, 0.3) is 0 Å². The van der Waals surface area contributed by atoms with Crippen LogP contribution >= 0.6 is 11.6 Å². The molecule has 2 aliphatic heterocycles. The van der Waals surface area contributed by atoms with Crippen LogP contribution in [0.2, 0.25) is 5.02 Å². The fraction of sp³-hybridized carbons (Fsp3) is 0.500. The molecule has 130 valence electrons. The van der Waals surface area contributed by atoms with Crippen LogP contribution in [-0.4, -0.2) is 49.2 Å². The van der Waals surface area contributed by atoms with Gasteiger partial charge in [0.05, 0.1) is 6.61 Å². The van der Waals surface area contributed by atoms with Crippen molar-refractivity contribution in [2.24, 2.45) is 0 Å². The van der Waals surface area contributed by atoms with Gasteiger partial charge in [-0.25, -0.2) is 15.6 Å². The topological polar surface area (TPSA) is 82.7 Å². The second kappa shape index (κ2) is 7.83. The Morgan fingerprint density at radius 1 is 1.33 bits per heavy atom. The molecular weight excluding hydrogens is 332 g/mol. The number of benzene rings is 1. The van der Waals surface area contributed by atoms with Crippen LogP contribution in [0.5, 0.6) is 0 Å². The Bertz CT molecular complexity index is 595. The van der Waals surface area contributed by atoms with Gasteiger partial charge in [-0.1, -0.05) is 23.7 Å². The van der Waals surface area contributed by atoms with E-state index in [2.05, 4.69) is 16.2 Å². The molecule has 0 bridgehead atoms. The van der Waals surface area contributed by atoms with Crippen molar-refractivity contribution >= 4 is 23.6 Å². The number of hydrogen-bond donors (Lipinski definition) is 3. The SMILES string of the molecule is O=C(NCCN1CCCOC1=O)C1CC(c2ccc(Cl)cc2)NN1. The molecule has 2 atom stereocenters. The Morgan fingerprint density at radius 3 is 2.88 bits per heavy atom. The maximum absolute atomic E-state index is 12.2. The van der Waals surface area contributed by atoms with Crippen molar-refractivity contribution in [1.29, 1.82) is 0 Å². The van der Waals surface area contributed by atoms with Crippen LogP contribution in [0.15, 0.2) is 24.3 Å². The maximum Gasteiger partial charge on any atom is 0.409 e. The zero-order valence-corrected chi connectivity index (χ0v) is 14.0. The molecule has 2 aliphatic rings. The number of rotatable bonds is 5. The first-order chi connectivity index (χ1) is 11.6. The first-order valence-corrected chi connectivity index (χ1v) is 8.47. The number of halogens is 1. The van der Waals surface area contributed by atoms with E-state index in [1.807, 2.05) is 24.3 Å². The van der Waals surface area contributed by atoms with Crippen LogP contribution in [0, 0.1) is 0 Å². The van der Waals surface area contributed by atoms with E-state index in [1.54, 1.807) is 4.90 Å². The van der Waals surface area contributed by atoms with E-state index in [9.17, 15) is 9.59 Å². The van der Waals surface area contributed by atoms with Gasteiger partial charge in [0.15, 0.2) is 0 Å². The number of carbonyl (C=O) groups is 2. The zero-order chi connectivity index (χ0) is 16.9. The van der Waals surface area contributed by atoms with Gasteiger partial charge < -0.3 is 15.0 Å². The van der Waals surface area contributed by atoms with Crippen molar-refractivity contribution < 1.29 is 14.3 Å². The highest BCUT2D eigenvalue weighted by molar-refractivity contribution is 6.30. The fourth-order valence-corrected chi connectivity index (χ4v) is 3.01. The van der Waals surface area contributed by atoms with E-state index >= 15 is 0 Å². The van der Waals surface area contributed by atoms with Gasteiger partial charge in [-0.2, -0.15) is 0 Å². The minimum atomic E-state index is -0.307. The molecule has 1 aromatic carbocycles. The number of nitrogens with one attached hydrogen (secondary N) is 3. The molecule has 3 rings (SSSR count). The molecule has 2 saturated heterocycles. The molecule has 0 aromatic heterocycles. The van der Waals surface area contributed by atoms with Crippen LogP contribution < -0.4 is 16.2 Å². The summed E-state index contributed by atoms with van der Waals surface area (Å²) in [6.45, 7) is 2.03. The predicted molar refractivity (Wildman–Crippen MR) is 89.4 cm³/mol. The normalized spacial score (nSPS) is 23.9. The lowest BCUT2D eigenvalue weighted by Crippen LogP contribution is -2.47.